The molecule has 0 saturated carbocycles. The summed E-state index contributed by atoms with van der Waals surface area (Å²) in [7, 11) is 1.27. The second kappa shape index (κ2) is 5.77. The SMILES string of the molecule is COc1cccc([B-](F)(F)F)c1Cl.[K+]. The maximum Gasteiger partial charge on any atom is 1.00 e. The molecule has 0 saturated heterocycles. The van der Waals surface area contributed by atoms with E-state index in [1.54, 1.807) is 0 Å². The molecule has 0 aliphatic rings. The Balaban J connectivity index is 0.00000169. The van der Waals surface area contributed by atoms with Gasteiger partial charge in [-0.05, 0) is 6.07 Å². The molecule has 0 fully saturated rings. The van der Waals surface area contributed by atoms with Crippen molar-refractivity contribution >= 4 is 24.0 Å². The number of hydrogen-bond acceptors (Lipinski definition) is 1. The molecule has 0 aliphatic heterocycles. The third-order valence-electron chi connectivity index (χ3n) is 1.57. The molecule has 7 heteroatoms. The molecule has 0 aromatic heterocycles. The molecule has 1 aromatic carbocycles. The Kier molecular flexibility index (Phi) is 6.10. The van der Waals surface area contributed by atoms with Crippen LogP contribution in [0.5, 0.6) is 5.75 Å². The summed E-state index contributed by atoms with van der Waals surface area (Å²) in [4.78, 5) is 0. The minimum atomic E-state index is -5.07. The largest absolute Gasteiger partial charge is 1.00 e. The number of benzene rings is 1. The topological polar surface area (TPSA) is 9.23 Å². The first-order valence-corrected chi connectivity index (χ1v) is 3.87. The van der Waals surface area contributed by atoms with E-state index in [9.17, 15) is 12.9 Å². The molecule has 0 N–H and O–H groups in total. The predicted molar refractivity (Wildman–Crippen MR) is 46.7 cm³/mol. The second-order valence-corrected chi connectivity index (χ2v) is 2.82. The van der Waals surface area contributed by atoms with Gasteiger partial charge < -0.3 is 17.7 Å². The van der Waals surface area contributed by atoms with Gasteiger partial charge in [-0.3, -0.25) is 0 Å². The van der Waals surface area contributed by atoms with Crippen LogP contribution in [0.3, 0.4) is 0 Å². The molecular formula is C7H6BClF3KO. The van der Waals surface area contributed by atoms with Gasteiger partial charge in [0.1, 0.15) is 5.75 Å². The van der Waals surface area contributed by atoms with Crippen LogP contribution in [0.25, 0.3) is 0 Å². The van der Waals surface area contributed by atoms with Gasteiger partial charge in [0, 0.05) is 0 Å². The van der Waals surface area contributed by atoms with Crippen LogP contribution in [0.1, 0.15) is 0 Å². The van der Waals surface area contributed by atoms with Crippen molar-refractivity contribution < 1.29 is 69.1 Å². The zero-order valence-electron chi connectivity index (χ0n) is 7.73. The van der Waals surface area contributed by atoms with Gasteiger partial charge in [0.15, 0.2) is 0 Å². The van der Waals surface area contributed by atoms with Crippen molar-refractivity contribution in [2.45, 2.75) is 0 Å². The molecular weight excluding hydrogens is 242 g/mol. The molecule has 0 heterocycles. The van der Waals surface area contributed by atoms with E-state index >= 15 is 0 Å². The Morgan fingerprint density at radius 3 is 2.29 bits per heavy atom. The molecule has 0 unspecified atom stereocenters. The Labute approximate surface area is 127 Å². The van der Waals surface area contributed by atoms with Gasteiger partial charge in [0.05, 0.1) is 12.1 Å². The summed E-state index contributed by atoms with van der Waals surface area (Å²) in [6.45, 7) is -5.07. The van der Waals surface area contributed by atoms with Crippen LogP contribution in [-0.4, -0.2) is 14.1 Å². The Morgan fingerprint density at radius 1 is 1.29 bits per heavy atom. The fourth-order valence-electron chi connectivity index (χ4n) is 0.938. The molecule has 72 valence electrons. The van der Waals surface area contributed by atoms with Crippen molar-refractivity contribution in [1.29, 1.82) is 0 Å². The summed E-state index contributed by atoms with van der Waals surface area (Å²) in [5.74, 6) is 0.0402. The number of halogens is 4. The molecule has 0 spiro atoms. The molecule has 0 radical (unpaired) electrons. The first-order chi connectivity index (χ1) is 5.96. The average molecular weight is 248 g/mol. The quantitative estimate of drug-likeness (QED) is 0.636. The summed E-state index contributed by atoms with van der Waals surface area (Å²) in [5, 5.41) is -0.377. The molecule has 0 bridgehead atoms. The van der Waals surface area contributed by atoms with Crippen LogP contribution < -0.4 is 61.6 Å². The van der Waals surface area contributed by atoms with Crippen molar-refractivity contribution in [2.24, 2.45) is 0 Å². The smallest absolute Gasteiger partial charge is 0.495 e. The van der Waals surface area contributed by atoms with Gasteiger partial charge >= 0.3 is 58.4 Å². The minimum absolute atomic E-state index is 0. The number of hydrogen-bond donors (Lipinski definition) is 0. The van der Waals surface area contributed by atoms with Crippen LogP contribution in [0.2, 0.25) is 5.02 Å². The molecule has 1 nitrogen and oxygen atoms in total. The summed E-state index contributed by atoms with van der Waals surface area (Å²) in [5.41, 5.74) is -0.819. The van der Waals surface area contributed by atoms with E-state index in [4.69, 9.17) is 11.6 Å². The summed E-state index contributed by atoms with van der Waals surface area (Å²) in [6, 6.07) is 3.58. The normalized spacial score (nSPS) is 10.6. The molecule has 0 amide bonds. The Morgan fingerprint density at radius 2 is 1.86 bits per heavy atom. The van der Waals surface area contributed by atoms with Crippen LogP contribution in [0.4, 0.5) is 12.9 Å². The van der Waals surface area contributed by atoms with Gasteiger partial charge in [-0.15, -0.1) is 0 Å². The maximum atomic E-state index is 12.3. The molecule has 14 heavy (non-hydrogen) atoms. The monoisotopic (exact) mass is 248 g/mol. The third-order valence-corrected chi connectivity index (χ3v) is 1.97. The molecule has 0 aliphatic carbocycles. The van der Waals surface area contributed by atoms with Crippen LogP contribution in [0.15, 0.2) is 18.2 Å². The minimum Gasteiger partial charge on any atom is -0.495 e. The zero-order chi connectivity index (χ0) is 10.1. The van der Waals surface area contributed by atoms with Gasteiger partial charge in [-0.25, -0.2) is 0 Å². The summed E-state index contributed by atoms with van der Waals surface area (Å²) >= 11 is 5.46. The first kappa shape index (κ1) is 14.8. The van der Waals surface area contributed by atoms with Crippen LogP contribution in [0, 0.1) is 0 Å². The van der Waals surface area contributed by atoms with Gasteiger partial charge in [-0.2, -0.15) is 0 Å². The zero-order valence-corrected chi connectivity index (χ0v) is 11.6. The first-order valence-electron chi connectivity index (χ1n) is 3.49. The van der Waals surface area contributed by atoms with Crippen LogP contribution in [-0.2, 0) is 0 Å². The van der Waals surface area contributed by atoms with E-state index in [0.717, 1.165) is 6.07 Å². The number of rotatable bonds is 2. The van der Waals surface area contributed by atoms with E-state index in [2.05, 4.69) is 4.74 Å². The van der Waals surface area contributed by atoms with Crippen molar-refractivity contribution in [3.8, 4) is 5.75 Å². The molecule has 1 rings (SSSR count). The predicted octanol–water partition coefficient (Wildman–Crippen LogP) is -0.593. The number of methoxy groups -OCH3 is 1. The van der Waals surface area contributed by atoms with Crippen molar-refractivity contribution in [2.75, 3.05) is 7.11 Å². The van der Waals surface area contributed by atoms with Gasteiger partial charge in [-0.1, -0.05) is 29.2 Å². The van der Waals surface area contributed by atoms with Crippen molar-refractivity contribution in [3.05, 3.63) is 23.2 Å². The van der Waals surface area contributed by atoms with E-state index in [1.807, 2.05) is 0 Å². The third kappa shape index (κ3) is 3.43. The van der Waals surface area contributed by atoms with Crippen LogP contribution >= 0.6 is 11.6 Å². The number of ether oxygens (including phenoxy) is 1. The van der Waals surface area contributed by atoms with E-state index in [-0.39, 0.29) is 62.2 Å². The summed E-state index contributed by atoms with van der Waals surface area (Å²) in [6.07, 6.45) is 0. The Bertz CT molecular complexity index is 318. The maximum absolute atomic E-state index is 12.3. The van der Waals surface area contributed by atoms with Gasteiger partial charge in [0.25, 0.3) is 0 Å². The van der Waals surface area contributed by atoms with E-state index in [1.165, 1.54) is 19.2 Å². The standard InChI is InChI=1S/C7H6BClF3O.K/c1-13-6-4-2-3-5(7(6)9)8(10,11)12;/h2-4H,1H3;/q-1;+1. The van der Waals surface area contributed by atoms with E-state index in [0.29, 0.717) is 0 Å². The van der Waals surface area contributed by atoms with Crippen molar-refractivity contribution in [1.82, 2.24) is 0 Å². The molecule has 0 atom stereocenters. The fourth-order valence-corrected chi connectivity index (χ4v) is 1.27. The average Bonchev–Trinajstić information content (AvgIpc) is 2.02. The Hall–Kier alpha value is 0.801. The fraction of sp³-hybridized carbons (Fsp3) is 0.143. The van der Waals surface area contributed by atoms with Crippen molar-refractivity contribution in [3.63, 3.8) is 0 Å². The molecule has 1 aromatic rings. The van der Waals surface area contributed by atoms with Gasteiger partial charge in [0.2, 0.25) is 0 Å². The second-order valence-electron chi connectivity index (χ2n) is 2.44. The van der Waals surface area contributed by atoms with E-state index < -0.39 is 12.4 Å². The summed E-state index contributed by atoms with van der Waals surface area (Å²) < 4.78 is 41.5.